The molecule has 0 aliphatic rings. The lowest BCUT2D eigenvalue weighted by molar-refractivity contribution is 0.0945. The largest absolute Gasteiger partial charge is 0.278 e. The van der Waals surface area contributed by atoms with E-state index in [1.54, 1.807) is 42.6 Å². The number of aromatic nitrogens is 2. The van der Waals surface area contributed by atoms with Gasteiger partial charge in [-0.1, -0.05) is 12.1 Å². The van der Waals surface area contributed by atoms with Crippen LogP contribution in [0.25, 0.3) is 0 Å². The highest BCUT2D eigenvalue weighted by Gasteiger charge is 2.10. The Morgan fingerprint density at radius 1 is 1.44 bits per heavy atom. The summed E-state index contributed by atoms with van der Waals surface area (Å²) in [5, 5.41) is 3.88. The van der Waals surface area contributed by atoms with Gasteiger partial charge in [-0.05, 0) is 24.3 Å². The molecule has 18 heavy (non-hydrogen) atoms. The Balaban J connectivity index is 2.30. The maximum Gasteiger partial charge on any atom is 0.278 e. The minimum atomic E-state index is -1.16. The van der Waals surface area contributed by atoms with Gasteiger partial charge in [0.05, 0.1) is 10.8 Å². The number of hydrogen-bond donors (Lipinski definition) is 0. The summed E-state index contributed by atoms with van der Waals surface area (Å²) in [4.78, 5) is 12.6. The van der Waals surface area contributed by atoms with Crippen LogP contribution in [0, 0.1) is 0 Å². The van der Waals surface area contributed by atoms with E-state index in [1.807, 2.05) is 0 Å². The van der Waals surface area contributed by atoms with E-state index < -0.39 is 10.8 Å². The van der Waals surface area contributed by atoms with Crippen LogP contribution in [-0.4, -0.2) is 25.6 Å². The molecule has 0 aliphatic heterocycles. The highest BCUT2D eigenvalue weighted by molar-refractivity contribution is 7.85. The van der Waals surface area contributed by atoms with E-state index >= 15 is 0 Å². The molecule has 2 aromatic rings. The van der Waals surface area contributed by atoms with Crippen molar-refractivity contribution in [2.24, 2.45) is 0 Å². The first-order chi connectivity index (χ1) is 8.72. The first-order valence-electron chi connectivity index (χ1n) is 5.36. The minimum absolute atomic E-state index is 0.238. The predicted molar refractivity (Wildman–Crippen MR) is 69.9 cm³/mol. The quantitative estimate of drug-likeness (QED) is 0.788. The van der Waals surface area contributed by atoms with Crippen molar-refractivity contribution in [1.29, 1.82) is 0 Å². The molecule has 1 unspecified atom stereocenters. The smallest absolute Gasteiger partial charge is 0.267 e. The molecule has 1 aromatic heterocycles. The molecule has 5 heteroatoms. The molecule has 0 N–H and O–H groups in total. The van der Waals surface area contributed by atoms with Crippen molar-refractivity contribution in [1.82, 2.24) is 9.78 Å². The normalized spacial score (nSPS) is 12.0. The predicted octanol–water partition coefficient (Wildman–Crippen LogP) is 1.87. The van der Waals surface area contributed by atoms with Crippen LogP contribution in [0.5, 0.6) is 0 Å². The van der Waals surface area contributed by atoms with Crippen LogP contribution in [0.4, 0.5) is 0 Å². The van der Waals surface area contributed by atoms with Gasteiger partial charge in [-0.25, -0.2) is 4.68 Å². The Hall–Kier alpha value is -2.01. The van der Waals surface area contributed by atoms with Crippen LogP contribution >= 0.6 is 0 Å². The van der Waals surface area contributed by atoms with E-state index in [0.717, 1.165) is 0 Å². The van der Waals surface area contributed by atoms with Gasteiger partial charge in [-0.2, -0.15) is 5.10 Å². The summed E-state index contributed by atoms with van der Waals surface area (Å²) in [6.45, 7) is 3.55. The van der Waals surface area contributed by atoms with Crippen molar-refractivity contribution in [3.8, 4) is 0 Å². The average Bonchev–Trinajstić information content (AvgIpc) is 2.92. The van der Waals surface area contributed by atoms with Gasteiger partial charge in [0.25, 0.3) is 5.91 Å². The Bertz CT molecular complexity index is 591. The van der Waals surface area contributed by atoms with E-state index in [9.17, 15) is 9.00 Å². The van der Waals surface area contributed by atoms with Crippen molar-refractivity contribution < 1.29 is 9.00 Å². The standard InChI is InChI=1S/C13H12N2O2S/c1-2-9-18(17)12-6-3-5-11(10-12)13(16)15-8-4-7-14-15/h2-8,10H,1,9H2. The zero-order valence-corrected chi connectivity index (χ0v) is 10.5. The fourth-order valence-corrected chi connectivity index (χ4v) is 2.39. The van der Waals surface area contributed by atoms with Gasteiger partial charge in [0.15, 0.2) is 0 Å². The molecule has 2 rings (SSSR count). The zero-order valence-electron chi connectivity index (χ0n) is 9.65. The Kier molecular flexibility index (Phi) is 3.84. The van der Waals surface area contributed by atoms with Gasteiger partial charge in [0.2, 0.25) is 0 Å². The van der Waals surface area contributed by atoms with Gasteiger partial charge in [-0.3, -0.25) is 9.00 Å². The Morgan fingerprint density at radius 3 is 2.94 bits per heavy atom. The molecule has 0 radical (unpaired) electrons. The van der Waals surface area contributed by atoms with Crippen LogP contribution in [-0.2, 0) is 10.8 Å². The molecule has 0 fully saturated rings. The van der Waals surface area contributed by atoms with Crippen molar-refractivity contribution in [3.63, 3.8) is 0 Å². The summed E-state index contributed by atoms with van der Waals surface area (Å²) in [6.07, 6.45) is 4.71. The van der Waals surface area contributed by atoms with Crippen LogP contribution in [0.15, 0.2) is 60.3 Å². The molecular weight excluding hydrogens is 248 g/mol. The van der Waals surface area contributed by atoms with Gasteiger partial charge in [-0.15, -0.1) is 6.58 Å². The van der Waals surface area contributed by atoms with Crippen molar-refractivity contribution >= 4 is 16.7 Å². The van der Waals surface area contributed by atoms with E-state index in [1.165, 1.54) is 10.9 Å². The highest BCUT2D eigenvalue weighted by atomic mass is 32.2. The first kappa shape index (κ1) is 12.4. The number of hydrogen-bond acceptors (Lipinski definition) is 3. The maximum atomic E-state index is 12.0. The second-order valence-corrected chi connectivity index (χ2v) is 5.08. The minimum Gasteiger partial charge on any atom is -0.267 e. The molecule has 0 bridgehead atoms. The van der Waals surface area contributed by atoms with Crippen molar-refractivity contribution in [3.05, 3.63) is 60.9 Å². The monoisotopic (exact) mass is 260 g/mol. The molecule has 0 amide bonds. The number of nitrogens with zero attached hydrogens (tertiary/aromatic N) is 2. The van der Waals surface area contributed by atoms with Crippen molar-refractivity contribution in [2.45, 2.75) is 4.90 Å². The van der Waals surface area contributed by atoms with Gasteiger partial charge in [0.1, 0.15) is 0 Å². The van der Waals surface area contributed by atoms with Crippen LogP contribution in [0.2, 0.25) is 0 Å². The molecule has 1 heterocycles. The van der Waals surface area contributed by atoms with Crippen LogP contribution < -0.4 is 0 Å². The number of rotatable bonds is 4. The molecule has 1 aromatic carbocycles. The number of carbonyl (C=O) groups excluding carboxylic acids is 1. The van der Waals surface area contributed by atoms with E-state index in [4.69, 9.17) is 0 Å². The second-order valence-electron chi connectivity index (χ2n) is 3.58. The average molecular weight is 260 g/mol. The third-order valence-electron chi connectivity index (χ3n) is 2.33. The molecule has 92 valence electrons. The SMILES string of the molecule is C=CCS(=O)c1cccc(C(=O)n2cccn2)c1. The summed E-state index contributed by atoms with van der Waals surface area (Å²) < 4.78 is 13.1. The summed E-state index contributed by atoms with van der Waals surface area (Å²) in [6, 6.07) is 8.44. The first-order valence-corrected chi connectivity index (χ1v) is 6.68. The molecule has 0 saturated heterocycles. The topological polar surface area (TPSA) is 52.0 Å². The van der Waals surface area contributed by atoms with E-state index in [0.29, 0.717) is 16.2 Å². The third kappa shape index (κ3) is 2.62. The van der Waals surface area contributed by atoms with Crippen molar-refractivity contribution in [2.75, 3.05) is 5.75 Å². The molecule has 1 atom stereocenters. The third-order valence-corrected chi connectivity index (χ3v) is 3.64. The van der Waals surface area contributed by atoms with Gasteiger partial charge >= 0.3 is 0 Å². The van der Waals surface area contributed by atoms with Gasteiger partial charge in [0, 0.05) is 28.6 Å². The molecule has 0 spiro atoms. The lowest BCUT2D eigenvalue weighted by Crippen LogP contribution is -2.12. The molecule has 0 aliphatic carbocycles. The fourth-order valence-electron chi connectivity index (χ4n) is 1.50. The van der Waals surface area contributed by atoms with E-state index in [2.05, 4.69) is 11.7 Å². The lowest BCUT2D eigenvalue weighted by Gasteiger charge is -2.03. The van der Waals surface area contributed by atoms with Crippen LogP contribution in [0.3, 0.4) is 0 Å². The lowest BCUT2D eigenvalue weighted by atomic mass is 10.2. The summed E-state index contributed by atoms with van der Waals surface area (Å²) >= 11 is 0. The Morgan fingerprint density at radius 2 is 2.28 bits per heavy atom. The Labute approximate surface area is 107 Å². The van der Waals surface area contributed by atoms with E-state index in [-0.39, 0.29) is 5.91 Å². The maximum absolute atomic E-state index is 12.0. The molecule has 4 nitrogen and oxygen atoms in total. The highest BCUT2D eigenvalue weighted by Crippen LogP contribution is 2.11. The van der Waals surface area contributed by atoms with Gasteiger partial charge < -0.3 is 0 Å². The number of carbonyl (C=O) groups is 1. The fraction of sp³-hybridized carbons (Fsp3) is 0.0769. The zero-order chi connectivity index (χ0) is 13.0. The molecular formula is C13H12N2O2S. The number of benzene rings is 1. The summed E-state index contributed by atoms with van der Waals surface area (Å²) in [5.74, 6) is 0.136. The molecule has 0 saturated carbocycles. The van der Waals surface area contributed by atoms with Crippen LogP contribution in [0.1, 0.15) is 10.4 Å². The summed E-state index contributed by atoms with van der Waals surface area (Å²) in [7, 11) is -1.16. The summed E-state index contributed by atoms with van der Waals surface area (Å²) in [5.41, 5.74) is 0.466. The second kappa shape index (κ2) is 5.55.